The van der Waals surface area contributed by atoms with E-state index < -0.39 is 0 Å². The maximum absolute atomic E-state index is 9.64. The minimum absolute atomic E-state index is 0.330. The lowest BCUT2D eigenvalue weighted by Crippen LogP contribution is -2.50. The summed E-state index contributed by atoms with van der Waals surface area (Å²) in [5.74, 6) is 1.40. The van der Waals surface area contributed by atoms with E-state index in [1.165, 1.54) is 0 Å². The first-order valence-corrected chi connectivity index (χ1v) is 8.65. The van der Waals surface area contributed by atoms with Crippen molar-refractivity contribution >= 4 is 11.8 Å². The molecule has 0 amide bonds. The van der Waals surface area contributed by atoms with Gasteiger partial charge in [0.2, 0.25) is 0 Å². The lowest BCUT2D eigenvalue weighted by atomic mass is 9.86. The summed E-state index contributed by atoms with van der Waals surface area (Å²) >= 11 is 1.69. The molecule has 0 aromatic carbocycles. The second kappa shape index (κ2) is 7.24. The van der Waals surface area contributed by atoms with Crippen molar-refractivity contribution in [3.8, 4) is 6.07 Å². The number of aryl methyl sites for hydroxylation is 1. The number of nitrogens with zero attached hydrogens (tertiary/aromatic N) is 3. The first-order chi connectivity index (χ1) is 10.1. The Morgan fingerprint density at radius 2 is 2.19 bits per heavy atom. The summed E-state index contributed by atoms with van der Waals surface area (Å²) in [5, 5.41) is 14.0. The zero-order valence-corrected chi connectivity index (χ0v) is 13.9. The average molecular weight is 304 g/mol. The minimum atomic E-state index is -0.330. The Bertz CT molecular complexity index is 494. The molecule has 2 unspecified atom stereocenters. The van der Waals surface area contributed by atoms with Crippen LogP contribution in [0.3, 0.4) is 0 Å². The molecule has 2 atom stereocenters. The standard InChI is InChI=1S/C16H24N4S/c1-12(2)20-16(11-17)7-4-5-14(16)6-8-21-15-18-9-13(3)10-19-15/h9-10,12,14,20H,4-8H2,1-3H3. The predicted octanol–water partition coefficient (Wildman–Crippen LogP) is 3.33. The lowest BCUT2D eigenvalue weighted by Gasteiger charge is -2.32. The molecule has 1 saturated carbocycles. The Labute approximate surface area is 131 Å². The molecule has 1 heterocycles. The summed E-state index contributed by atoms with van der Waals surface area (Å²) < 4.78 is 0. The van der Waals surface area contributed by atoms with E-state index in [0.717, 1.165) is 42.2 Å². The molecule has 1 aromatic rings. The van der Waals surface area contributed by atoms with E-state index in [0.29, 0.717) is 12.0 Å². The second-order valence-corrected chi connectivity index (χ2v) is 7.21. The lowest BCUT2D eigenvalue weighted by molar-refractivity contribution is 0.289. The molecule has 0 saturated heterocycles. The van der Waals surface area contributed by atoms with Crippen LogP contribution in [0.4, 0.5) is 0 Å². The van der Waals surface area contributed by atoms with Crippen molar-refractivity contribution in [2.45, 2.75) is 63.2 Å². The topological polar surface area (TPSA) is 61.6 Å². The molecule has 0 spiro atoms. The molecule has 1 N–H and O–H groups in total. The molecule has 5 heteroatoms. The molecule has 1 fully saturated rings. The van der Waals surface area contributed by atoms with Gasteiger partial charge >= 0.3 is 0 Å². The molecule has 21 heavy (non-hydrogen) atoms. The number of hydrogen-bond donors (Lipinski definition) is 1. The first kappa shape index (κ1) is 16.3. The molecule has 0 bridgehead atoms. The van der Waals surface area contributed by atoms with Crippen LogP contribution in [0.15, 0.2) is 17.6 Å². The van der Waals surface area contributed by atoms with Crippen LogP contribution in [-0.2, 0) is 0 Å². The molecule has 114 valence electrons. The van der Waals surface area contributed by atoms with Crippen molar-refractivity contribution in [2.24, 2.45) is 5.92 Å². The Hall–Kier alpha value is -1.12. The molecular weight excluding hydrogens is 280 g/mol. The summed E-state index contributed by atoms with van der Waals surface area (Å²) in [6, 6.07) is 2.91. The third-order valence-corrected chi connectivity index (χ3v) is 4.93. The quantitative estimate of drug-likeness (QED) is 0.645. The van der Waals surface area contributed by atoms with Crippen molar-refractivity contribution in [2.75, 3.05) is 5.75 Å². The summed E-state index contributed by atoms with van der Waals surface area (Å²) in [7, 11) is 0. The fourth-order valence-electron chi connectivity index (χ4n) is 3.10. The van der Waals surface area contributed by atoms with Crippen molar-refractivity contribution in [1.82, 2.24) is 15.3 Å². The second-order valence-electron chi connectivity index (χ2n) is 6.15. The van der Waals surface area contributed by atoms with Gasteiger partial charge in [0.25, 0.3) is 0 Å². The third kappa shape index (κ3) is 4.18. The van der Waals surface area contributed by atoms with Gasteiger partial charge in [-0.15, -0.1) is 0 Å². The van der Waals surface area contributed by atoms with Gasteiger partial charge in [-0.3, -0.25) is 5.32 Å². The number of nitriles is 1. The van der Waals surface area contributed by atoms with Crippen LogP contribution in [0, 0.1) is 24.2 Å². The first-order valence-electron chi connectivity index (χ1n) is 7.66. The molecule has 4 nitrogen and oxygen atoms in total. The number of aromatic nitrogens is 2. The Kier molecular flexibility index (Phi) is 5.60. The van der Waals surface area contributed by atoms with Crippen molar-refractivity contribution < 1.29 is 0 Å². The number of rotatable bonds is 6. The van der Waals surface area contributed by atoms with Crippen molar-refractivity contribution in [1.29, 1.82) is 5.26 Å². The SMILES string of the molecule is Cc1cnc(SCCC2CCCC2(C#N)NC(C)C)nc1. The fraction of sp³-hybridized carbons (Fsp3) is 0.688. The van der Waals surface area contributed by atoms with E-state index in [1.807, 2.05) is 19.3 Å². The monoisotopic (exact) mass is 304 g/mol. The van der Waals surface area contributed by atoms with E-state index in [-0.39, 0.29) is 5.54 Å². The van der Waals surface area contributed by atoms with Crippen LogP contribution >= 0.6 is 11.8 Å². The molecule has 2 rings (SSSR count). The van der Waals surface area contributed by atoms with Gasteiger partial charge < -0.3 is 0 Å². The molecule has 0 aliphatic heterocycles. The van der Waals surface area contributed by atoms with Crippen LogP contribution in [0.2, 0.25) is 0 Å². The maximum Gasteiger partial charge on any atom is 0.187 e. The average Bonchev–Trinajstić information content (AvgIpc) is 2.84. The summed E-state index contributed by atoms with van der Waals surface area (Å²) in [5.41, 5.74) is 0.753. The molecule has 1 aliphatic rings. The summed E-state index contributed by atoms with van der Waals surface area (Å²) in [6.07, 6.45) is 8.00. The Balaban J connectivity index is 1.89. The Morgan fingerprint density at radius 3 is 2.81 bits per heavy atom. The highest BCUT2D eigenvalue weighted by molar-refractivity contribution is 7.99. The maximum atomic E-state index is 9.64. The molecule has 0 radical (unpaired) electrons. The van der Waals surface area contributed by atoms with E-state index in [9.17, 15) is 5.26 Å². The number of nitrogens with one attached hydrogen (secondary N) is 1. The van der Waals surface area contributed by atoms with Gasteiger partial charge in [-0.05, 0) is 51.5 Å². The van der Waals surface area contributed by atoms with Crippen LogP contribution in [-0.4, -0.2) is 27.3 Å². The highest BCUT2D eigenvalue weighted by Crippen LogP contribution is 2.38. The normalized spacial score (nSPS) is 25.2. The van der Waals surface area contributed by atoms with E-state index in [2.05, 4.69) is 35.2 Å². The van der Waals surface area contributed by atoms with Gasteiger partial charge in [-0.2, -0.15) is 5.26 Å². The number of hydrogen-bond acceptors (Lipinski definition) is 5. The van der Waals surface area contributed by atoms with Crippen LogP contribution in [0.1, 0.15) is 45.1 Å². The molecule has 1 aliphatic carbocycles. The van der Waals surface area contributed by atoms with E-state index >= 15 is 0 Å². The van der Waals surface area contributed by atoms with Gasteiger partial charge in [-0.25, -0.2) is 9.97 Å². The summed E-state index contributed by atoms with van der Waals surface area (Å²) in [6.45, 7) is 6.22. The van der Waals surface area contributed by atoms with Gasteiger partial charge in [-0.1, -0.05) is 18.2 Å². The largest absolute Gasteiger partial charge is 0.297 e. The van der Waals surface area contributed by atoms with Crippen molar-refractivity contribution in [3.63, 3.8) is 0 Å². The van der Waals surface area contributed by atoms with Crippen LogP contribution in [0.25, 0.3) is 0 Å². The smallest absolute Gasteiger partial charge is 0.187 e. The molecular formula is C16H24N4S. The van der Waals surface area contributed by atoms with Crippen molar-refractivity contribution in [3.05, 3.63) is 18.0 Å². The van der Waals surface area contributed by atoms with Gasteiger partial charge in [0.05, 0.1) is 6.07 Å². The van der Waals surface area contributed by atoms with Crippen LogP contribution < -0.4 is 5.32 Å². The van der Waals surface area contributed by atoms with Gasteiger partial charge in [0.1, 0.15) is 5.54 Å². The van der Waals surface area contributed by atoms with E-state index in [1.54, 1.807) is 11.8 Å². The predicted molar refractivity (Wildman–Crippen MR) is 86.1 cm³/mol. The van der Waals surface area contributed by atoms with Gasteiger partial charge in [0, 0.05) is 24.2 Å². The van der Waals surface area contributed by atoms with E-state index in [4.69, 9.17) is 0 Å². The minimum Gasteiger partial charge on any atom is -0.297 e. The third-order valence-electron chi connectivity index (χ3n) is 4.02. The fourth-order valence-corrected chi connectivity index (χ4v) is 3.94. The van der Waals surface area contributed by atoms with Gasteiger partial charge in [0.15, 0.2) is 5.16 Å². The van der Waals surface area contributed by atoms with Crippen LogP contribution in [0.5, 0.6) is 0 Å². The zero-order chi connectivity index (χ0) is 15.3. The zero-order valence-electron chi connectivity index (χ0n) is 13.1. The highest BCUT2D eigenvalue weighted by atomic mass is 32.2. The molecule has 1 aromatic heterocycles. The highest BCUT2D eigenvalue weighted by Gasteiger charge is 2.42. The number of thioether (sulfide) groups is 1. The Morgan fingerprint density at radius 1 is 1.48 bits per heavy atom. The summed E-state index contributed by atoms with van der Waals surface area (Å²) in [4.78, 5) is 8.64.